The largest absolute Gasteiger partial charge is 0.393 e. The topological polar surface area (TPSA) is 32.3 Å². The third kappa shape index (κ3) is 3.69. The molecule has 1 fully saturated rings. The summed E-state index contributed by atoms with van der Waals surface area (Å²) in [6, 6.07) is 0.203. The summed E-state index contributed by atoms with van der Waals surface area (Å²) in [6.07, 6.45) is 10.6. The molecule has 1 rings (SSSR count). The molecule has 0 bridgehead atoms. The van der Waals surface area contributed by atoms with Crippen LogP contribution in [-0.4, -0.2) is 23.8 Å². The molecule has 0 amide bonds. The lowest BCUT2D eigenvalue weighted by atomic mass is 9.87. The van der Waals surface area contributed by atoms with Crippen molar-refractivity contribution in [3.8, 4) is 12.3 Å². The third-order valence-corrected chi connectivity index (χ3v) is 3.02. The minimum atomic E-state index is -0.0820. The molecule has 1 aliphatic carbocycles. The average molecular weight is 195 g/mol. The summed E-state index contributed by atoms with van der Waals surface area (Å²) in [4.78, 5) is 0. The van der Waals surface area contributed by atoms with E-state index in [0.717, 1.165) is 32.2 Å². The molecule has 1 saturated carbocycles. The maximum absolute atomic E-state index is 9.49. The summed E-state index contributed by atoms with van der Waals surface area (Å²) >= 11 is 0. The van der Waals surface area contributed by atoms with E-state index in [9.17, 15) is 5.11 Å². The second-order valence-corrected chi connectivity index (χ2v) is 4.22. The molecule has 3 atom stereocenters. The van der Waals surface area contributed by atoms with E-state index >= 15 is 0 Å². The molecule has 80 valence electrons. The smallest absolute Gasteiger partial charge is 0.0684 e. The summed E-state index contributed by atoms with van der Waals surface area (Å²) in [6.45, 7) is 3.05. The van der Waals surface area contributed by atoms with Crippen LogP contribution in [-0.2, 0) is 0 Å². The molecule has 0 aromatic carbocycles. The van der Waals surface area contributed by atoms with Crippen LogP contribution in [0.15, 0.2) is 0 Å². The quantitative estimate of drug-likeness (QED) is 0.667. The van der Waals surface area contributed by atoms with E-state index in [-0.39, 0.29) is 12.1 Å². The highest BCUT2D eigenvalue weighted by Crippen LogP contribution is 2.23. The number of aliphatic hydroxyl groups excluding tert-OH is 1. The lowest BCUT2D eigenvalue weighted by Crippen LogP contribution is -2.34. The Morgan fingerprint density at radius 2 is 2.36 bits per heavy atom. The van der Waals surface area contributed by atoms with E-state index in [2.05, 4.69) is 18.2 Å². The monoisotopic (exact) mass is 195 g/mol. The number of nitrogens with one attached hydrogen (secondary N) is 1. The summed E-state index contributed by atoms with van der Waals surface area (Å²) in [5.74, 6) is 3.34. The van der Waals surface area contributed by atoms with Gasteiger partial charge < -0.3 is 10.4 Å². The van der Waals surface area contributed by atoms with Crippen molar-refractivity contribution in [1.29, 1.82) is 0 Å². The molecule has 0 aromatic rings. The minimum Gasteiger partial charge on any atom is -0.393 e. The standard InChI is InChI=1S/C12H21NO/c1-3-11(4-2)13-9-10-6-5-7-12(14)8-10/h1,10-14H,4-9H2,2H3. The van der Waals surface area contributed by atoms with Gasteiger partial charge in [-0.2, -0.15) is 0 Å². The van der Waals surface area contributed by atoms with Crippen LogP contribution in [0, 0.1) is 18.3 Å². The molecule has 3 unspecified atom stereocenters. The highest BCUT2D eigenvalue weighted by Gasteiger charge is 2.20. The lowest BCUT2D eigenvalue weighted by Gasteiger charge is -2.26. The highest BCUT2D eigenvalue weighted by molar-refractivity contribution is 4.98. The van der Waals surface area contributed by atoms with Crippen molar-refractivity contribution in [1.82, 2.24) is 5.32 Å². The molecular formula is C12H21NO. The molecule has 0 radical (unpaired) electrons. The van der Waals surface area contributed by atoms with Crippen LogP contribution in [0.1, 0.15) is 39.0 Å². The molecule has 2 N–H and O–H groups in total. The van der Waals surface area contributed by atoms with Gasteiger partial charge in [-0.3, -0.25) is 0 Å². The third-order valence-electron chi connectivity index (χ3n) is 3.02. The summed E-state index contributed by atoms with van der Waals surface area (Å²) in [5.41, 5.74) is 0. The van der Waals surface area contributed by atoms with Gasteiger partial charge in [-0.05, 0) is 38.1 Å². The zero-order valence-electron chi connectivity index (χ0n) is 9.00. The Balaban J connectivity index is 2.20. The number of hydrogen-bond donors (Lipinski definition) is 2. The molecule has 0 aromatic heterocycles. The number of rotatable bonds is 4. The first-order valence-electron chi connectivity index (χ1n) is 5.63. The molecule has 0 spiro atoms. The Morgan fingerprint density at radius 1 is 1.57 bits per heavy atom. The van der Waals surface area contributed by atoms with E-state index in [1.807, 2.05) is 0 Å². The second kappa shape index (κ2) is 6.06. The van der Waals surface area contributed by atoms with E-state index < -0.39 is 0 Å². The number of hydrogen-bond acceptors (Lipinski definition) is 2. The summed E-state index contributed by atoms with van der Waals surface area (Å²) < 4.78 is 0. The van der Waals surface area contributed by atoms with Crippen LogP contribution >= 0.6 is 0 Å². The van der Waals surface area contributed by atoms with Crippen LogP contribution in [0.5, 0.6) is 0 Å². The van der Waals surface area contributed by atoms with Crippen molar-refractivity contribution in [3.63, 3.8) is 0 Å². The average Bonchev–Trinajstić information content (AvgIpc) is 2.19. The SMILES string of the molecule is C#CC(CC)NCC1CCCC(O)C1. The predicted octanol–water partition coefficient (Wildman–Crippen LogP) is 1.54. The number of terminal acetylenes is 1. The zero-order valence-corrected chi connectivity index (χ0v) is 9.00. The summed E-state index contributed by atoms with van der Waals surface area (Å²) in [5, 5.41) is 12.9. The van der Waals surface area contributed by atoms with Gasteiger partial charge in [0, 0.05) is 0 Å². The van der Waals surface area contributed by atoms with Gasteiger partial charge in [-0.1, -0.05) is 19.3 Å². The fourth-order valence-electron chi connectivity index (χ4n) is 2.08. The Bertz CT molecular complexity index is 197. The first-order valence-corrected chi connectivity index (χ1v) is 5.63. The van der Waals surface area contributed by atoms with Gasteiger partial charge in [0.05, 0.1) is 12.1 Å². The molecule has 1 aliphatic rings. The molecular weight excluding hydrogens is 174 g/mol. The van der Waals surface area contributed by atoms with E-state index in [1.54, 1.807) is 0 Å². The normalized spacial score (nSPS) is 29.5. The molecule has 0 aliphatic heterocycles. The van der Waals surface area contributed by atoms with Crippen molar-refractivity contribution in [3.05, 3.63) is 0 Å². The minimum absolute atomic E-state index is 0.0820. The molecule has 0 heterocycles. The van der Waals surface area contributed by atoms with E-state index in [1.165, 1.54) is 6.42 Å². The van der Waals surface area contributed by atoms with Crippen molar-refractivity contribution in [2.24, 2.45) is 5.92 Å². The van der Waals surface area contributed by atoms with Crippen molar-refractivity contribution >= 4 is 0 Å². The highest BCUT2D eigenvalue weighted by atomic mass is 16.3. The van der Waals surface area contributed by atoms with Crippen LogP contribution in [0.25, 0.3) is 0 Å². The van der Waals surface area contributed by atoms with Crippen molar-refractivity contribution in [2.45, 2.75) is 51.2 Å². The lowest BCUT2D eigenvalue weighted by molar-refractivity contribution is 0.100. The maximum atomic E-state index is 9.49. The summed E-state index contributed by atoms with van der Waals surface area (Å²) in [7, 11) is 0. The fourth-order valence-corrected chi connectivity index (χ4v) is 2.08. The predicted molar refractivity (Wildman–Crippen MR) is 58.9 cm³/mol. The van der Waals surface area contributed by atoms with Crippen LogP contribution in [0.4, 0.5) is 0 Å². The van der Waals surface area contributed by atoms with Gasteiger partial charge in [0.1, 0.15) is 0 Å². The van der Waals surface area contributed by atoms with E-state index in [0.29, 0.717) is 5.92 Å². The Kier molecular flexibility index (Phi) is 5.00. The van der Waals surface area contributed by atoms with Gasteiger partial charge >= 0.3 is 0 Å². The molecule has 2 heteroatoms. The zero-order chi connectivity index (χ0) is 10.4. The Hall–Kier alpha value is -0.520. The Morgan fingerprint density at radius 3 is 2.93 bits per heavy atom. The Labute approximate surface area is 87.1 Å². The van der Waals surface area contributed by atoms with Crippen molar-refractivity contribution < 1.29 is 5.11 Å². The van der Waals surface area contributed by atoms with Crippen molar-refractivity contribution in [2.75, 3.05) is 6.54 Å². The van der Waals surface area contributed by atoms with Crippen LogP contribution < -0.4 is 5.32 Å². The van der Waals surface area contributed by atoms with Crippen LogP contribution in [0.2, 0.25) is 0 Å². The number of aliphatic hydroxyl groups is 1. The first kappa shape index (κ1) is 11.6. The molecule has 0 saturated heterocycles. The first-order chi connectivity index (χ1) is 6.76. The molecule has 2 nitrogen and oxygen atoms in total. The molecule has 14 heavy (non-hydrogen) atoms. The second-order valence-electron chi connectivity index (χ2n) is 4.22. The van der Waals surface area contributed by atoms with Gasteiger partial charge in [-0.25, -0.2) is 0 Å². The fraction of sp³-hybridized carbons (Fsp3) is 0.833. The van der Waals surface area contributed by atoms with Gasteiger partial charge in [0.2, 0.25) is 0 Å². The van der Waals surface area contributed by atoms with E-state index in [4.69, 9.17) is 6.42 Å². The van der Waals surface area contributed by atoms with Crippen LogP contribution in [0.3, 0.4) is 0 Å². The van der Waals surface area contributed by atoms with Gasteiger partial charge in [-0.15, -0.1) is 6.42 Å². The maximum Gasteiger partial charge on any atom is 0.0684 e. The van der Waals surface area contributed by atoms with Gasteiger partial charge in [0.15, 0.2) is 0 Å². The van der Waals surface area contributed by atoms with Gasteiger partial charge in [0.25, 0.3) is 0 Å².